The Morgan fingerprint density at radius 2 is 1.68 bits per heavy atom. The Morgan fingerprint density at radius 3 is 2.42 bits per heavy atom. The van der Waals surface area contributed by atoms with Crippen LogP contribution < -0.4 is 4.74 Å². The molecule has 168 valence electrons. The Kier molecular flexibility index (Phi) is 12.6. The van der Waals surface area contributed by atoms with E-state index in [1.165, 1.54) is 43.0 Å². The van der Waals surface area contributed by atoms with Crippen molar-refractivity contribution in [3.8, 4) is 5.95 Å². The highest BCUT2D eigenvalue weighted by Crippen LogP contribution is 2.17. The molecule has 0 bridgehead atoms. The number of hydrogen-bond donors (Lipinski definition) is 0. The Balaban J connectivity index is 1.41. The summed E-state index contributed by atoms with van der Waals surface area (Å²) in [7, 11) is 0. The molecule has 0 radical (unpaired) electrons. The minimum absolute atomic E-state index is 0.251. The van der Waals surface area contributed by atoms with Crippen LogP contribution in [-0.2, 0) is 0 Å². The van der Waals surface area contributed by atoms with E-state index in [-0.39, 0.29) is 11.7 Å². The number of allylic oxidation sites excluding steroid dienone is 6. The average molecular weight is 425 g/mol. The summed E-state index contributed by atoms with van der Waals surface area (Å²) in [6, 6.07) is 3.32. The van der Waals surface area contributed by atoms with Gasteiger partial charge >= 0.3 is 0 Å². The van der Waals surface area contributed by atoms with Gasteiger partial charge in [-0.1, -0.05) is 69.1 Å². The van der Waals surface area contributed by atoms with Gasteiger partial charge in [-0.2, -0.15) is 0 Å². The molecule has 0 fully saturated rings. The Labute approximate surface area is 186 Å². The van der Waals surface area contributed by atoms with Crippen molar-refractivity contribution in [3.63, 3.8) is 0 Å². The van der Waals surface area contributed by atoms with Crippen molar-refractivity contribution in [1.29, 1.82) is 0 Å². The van der Waals surface area contributed by atoms with Gasteiger partial charge in [0.25, 0.3) is 11.9 Å². The van der Waals surface area contributed by atoms with Crippen molar-refractivity contribution >= 4 is 5.91 Å². The summed E-state index contributed by atoms with van der Waals surface area (Å²) < 4.78 is 12.5. The fraction of sp³-hybridized carbons (Fsp3) is 0.462. The smallest absolute Gasteiger partial charge is 0.298 e. The van der Waals surface area contributed by atoms with Crippen molar-refractivity contribution in [1.82, 2.24) is 9.55 Å². The predicted molar refractivity (Wildman–Crippen MR) is 125 cm³/mol. The standard InChI is InChI=1S/C26H36N2O3/c1-2-3-4-5-6-7-8-9-10-11-12-13-14-15-16-17-22-30-25-19-18-24(31-25)26(29)28-21-20-27-23-28/h3-4,6-7,9-10,18-21,23H,2,5,8,11-17,22H2,1H3. The van der Waals surface area contributed by atoms with Gasteiger partial charge in [0.15, 0.2) is 5.76 Å². The average Bonchev–Trinajstić information content (AvgIpc) is 3.48. The lowest BCUT2D eigenvalue weighted by Gasteiger charge is -2.03. The summed E-state index contributed by atoms with van der Waals surface area (Å²) in [5.41, 5.74) is 0. The highest BCUT2D eigenvalue weighted by atomic mass is 16.6. The zero-order valence-electron chi connectivity index (χ0n) is 18.7. The second-order valence-corrected chi connectivity index (χ2v) is 7.45. The molecule has 2 heterocycles. The SMILES string of the molecule is CCC=CCC=CCC=CCCCCCCCCOc1ccc(C(=O)n2ccnc2)o1. The molecule has 0 saturated heterocycles. The molecule has 0 saturated carbocycles. The van der Waals surface area contributed by atoms with Crippen LogP contribution in [0.15, 0.2) is 71.7 Å². The number of furan rings is 1. The quantitative estimate of drug-likeness (QED) is 0.212. The molecule has 0 spiro atoms. The minimum atomic E-state index is -0.251. The number of nitrogens with zero attached hydrogens (tertiary/aromatic N) is 2. The first-order valence-electron chi connectivity index (χ1n) is 11.5. The molecular formula is C26H36N2O3. The number of carbonyl (C=O) groups is 1. The molecule has 31 heavy (non-hydrogen) atoms. The molecule has 5 heteroatoms. The Morgan fingerprint density at radius 1 is 0.968 bits per heavy atom. The molecule has 0 N–H and O–H groups in total. The Bertz CT molecular complexity index is 800. The van der Waals surface area contributed by atoms with Gasteiger partial charge in [-0.05, 0) is 44.6 Å². The first-order chi connectivity index (χ1) is 15.3. The molecular weight excluding hydrogens is 388 g/mol. The van der Waals surface area contributed by atoms with Crippen molar-refractivity contribution in [3.05, 3.63) is 73.1 Å². The van der Waals surface area contributed by atoms with E-state index < -0.39 is 0 Å². The second kappa shape index (κ2) is 15.9. The molecule has 0 unspecified atom stereocenters. The first-order valence-corrected chi connectivity index (χ1v) is 11.5. The van der Waals surface area contributed by atoms with Crippen LogP contribution in [0.2, 0.25) is 0 Å². The number of aromatic nitrogens is 2. The molecule has 0 aromatic carbocycles. The maximum atomic E-state index is 12.1. The van der Waals surface area contributed by atoms with Gasteiger partial charge in [0.2, 0.25) is 0 Å². The van der Waals surface area contributed by atoms with E-state index in [1.807, 2.05) is 0 Å². The summed E-state index contributed by atoms with van der Waals surface area (Å²) in [4.78, 5) is 16.0. The van der Waals surface area contributed by atoms with Crippen LogP contribution in [0.5, 0.6) is 5.95 Å². The van der Waals surface area contributed by atoms with Crippen LogP contribution in [0.3, 0.4) is 0 Å². The number of hydrogen-bond acceptors (Lipinski definition) is 4. The van der Waals surface area contributed by atoms with E-state index in [9.17, 15) is 4.79 Å². The zero-order valence-corrected chi connectivity index (χ0v) is 18.7. The van der Waals surface area contributed by atoms with Crippen molar-refractivity contribution in [2.24, 2.45) is 0 Å². The van der Waals surface area contributed by atoms with E-state index >= 15 is 0 Å². The molecule has 2 rings (SSSR count). The molecule has 0 aliphatic carbocycles. The predicted octanol–water partition coefficient (Wildman–Crippen LogP) is 7.13. The number of ether oxygens (including phenoxy) is 1. The van der Waals surface area contributed by atoms with Crippen molar-refractivity contribution in [2.75, 3.05) is 6.61 Å². The summed E-state index contributed by atoms with van der Waals surface area (Å²) in [6.07, 6.45) is 29.6. The molecule has 0 atom stereocenters. The molecule has 2 aromatic heterocycles. The maximum absolute atomic E-state index is 12.1. The van der Waals surface area contributed by atoms with Crippen LogP contribution in [0.1, 0.15) is 81.7 Å². The lowest BCUT2D eigenvalue weighted by atomic mass is 10.1. The molecule has 5 nitrogen and oxygen atoms in total. The third-order valence-corrected chi connectivity index (χ3v) is 4.82. The summed E-state index contributed by atoms with van der Waals surface area (Å²) in [5, 5.41) is 0. The van der Waals surface area contributed by atoms with Crippen molar-refractivity contribution in [2.45, 2.75) is 71.1 Å². The molecule has 2 aromatic rings. The van der Waals surface area contributed by atoms with Gasteiger partial charge in [-0.25, -0.2) is 4.98 Å². The van der Waals surface area contributed by atoms with Crippen LogP contribution >= 0.6 is 0 Å². The van der Waals surface area contributed by atoms with E-state index in [2.05, 4.69) is 48.4 Å². The van der Waals surface area contributed by atoms with Crippen LogP contribution in [0.4, 0.5) is 0 Å². The third kappa shape index (κ3) is 10.7. The van der Waals surface area contributed by atoms with Gasteiger partial charge in [0.1, 0.15) is 6.33 Å². The highest BCUT2D eigenvalue weighted by molar-refractivity contribution is 5.93. The number of carbonyl (C=O) groups excluding carboxylic acids is 1. The van der Waals surface area contributed by atoms with E-state index in [0.29, 0.717) is 12.6 Å². The van der Waals surface area contributed by atoms with E-state index in [0.717, 1.165) is 32.1 Å². The van der Waals surface area contributed by atoms with E-state index in [1.54, 1.807) is 24.5 Å². The summed E-state index contributed by atoms with van der Waals surface area (Å²) >= 11 is 0. The van der Waals surface area contributed by atoms with Gasteiger partial charge in [-0.15, -0.1) is 0 Å². The van der Waals surface area contributed by atoms with Gasteiger partial charge < -0.3 is 9.15 Å². The summed E-state index contributed by atoms with van der Waals surface area (Å²) in [5.74, 6) is 0.392. The van der Waals surface area contributed by atoms with Gasteiger partial charge in [0.05, 0.1) is 6.61 Å². The van der Waals surface area contributed by atoms with Crippen LogP contribution in [-0.4, -0.2) is 22.1 Å². The second-order valence-electron chi connectivity index (χ2n) is 7.45. The fourth-order valence-electron chi connectivity index (χ4n) is 3.09. The third-order valence-electron chi connectivity index (χ3n) is 4.82. The highest BCUT2D eigenvalue weighted by Gasteiger charge is 2.13. The lowest BCUT2D eigenvalue weighted by molar-refractivity contribution is 0.0923. The summed E-state index contributed by atoms with van der Waals surface area (Å²) in [6.45, 7) is 2.77. The zero-order chi connectivity index (χ0) is 22.0. The molecule has 0 aliphatic rings. The Hall–Kier alpha value is -2.82. The maximum Gasteiger partial charge on any atom is 0.298 e. The van der Waals surface area contributed by atoms with Gasteiger partial charge in [0, 0.05) is 18.5 Å². The number of unbranched alkanes of at least 4 members (excludes halogenated alkanes) is 6. The van der Waals surface area contributed by atoms with Gasteiger partial charge in [-0.3, -0.25) is 9.36 Å². The molecule has 0 aliphatic heterocycles. The monoisotopic (exact) mass is 424 g/mol. The number of rotatable bonds is 16. The normalized spacial score (nSPS) is 11.9. The van der Waals surface area contributed by atoms with Crippen LogP contribution in [0.25, 0.3) is 0 Å². The number of imidazole rings is 1. The fourth-order valence-corrected chi connectivity index (χ4v) is 3.09. The van der Waals surface area contributed by atoms with Crippen LogP contribution in [0, 0.1) is 0 Å². The topological polar surface area (TPSA) is 57.3 Å². The first kappa shape index (κ1) is 24.4. The van der Waals surface area contributed by atoms with E-state index in [4.69, 9.17) is 9.15 Å². The minimum Gasteiger partial charge on any atom is -0.465 e. The van der Waals surface area contributed by atoms with Crippen molar-refractivity contribution < 1.29 is 13.9 Å². The largest absolute Gasteiger partial charge is 0.465 e. The lowest BCUT2D eigenvalue weighted by Crippen LogP contribution is -2.08. The molecule has 0 amide bonds.